The van der Waals surface area contributed by atoms with Gasteiger partial charge in [-0.25, -0.2) is 0 Å². The Balaban J connectivity index is 1.67. The van der Waals surface area contributed by atoms with E-state index in [1.165, 1.54) is 5.56 Å². The lowest BCUT2D eigenvalue weighted by atomic mass is 10.0. The molecule has 1 amide bonds. The number of amides is 1. The summed E-state index contributed by atoms with van der Waals surface area (Å²) in [7, 11) is 1.92. The molecule has 3 rings (SSSR count). The number of nitrogens with one attached hydrogen (secondary N) is 1. The Hall–Kier alpha value is -3.07. The van der Waals surface area contributed by atoms with Crippen LogP contribution in [0.4, 0.5) is 11.4 Å². The van der Waals surface area contributed by atoms with Crippen molar-refractivity contribution in [2.45, 2.75) is 6.42 Å². The molecule has 0 aromatic heterocycles. The molecule has 25 heavy (non-hydrogen) atoms. The predicted octanol–water partition coefficient (Wildman–Crippen LogP) is 4.35. The van der Waals surface area contributed by atoms with Crippen molar-refractivity contribution in [1.82, 2.24) is 0 Å². The molecule has 0 saturated heterocycles. The van der Waals surface area contributed by atoms with Gasteiger partial charge in [0, 0.05) is 18.4 Å². The van der Waals surface area contributed by atoms with Crippen molar-refractivity contribution in [2.75, 3.05) is 23.8 Å². The fourth-order valence-electron chi connectivity index (χ4n) is 2.79. The number of rotatable bonds is 6. The first-order valence-corrected chi connectivity index (χ1v) is 8.40. The van der Waals surface area contributed by atoms with Crippen LogP contribution in [0.3, 0.4) is 0 Å². The van der Waals surface area contributed by atoms with Crippen molar-refractivity contribution < 1.29 is 4.79 Å². The monoisotopic (exact) mass is 330 g/mol. The number of hydrogen-bond donors (Lipinski definition) is 1. The summed E-state index contributed by atoms with van der Waals surface area (Å²) in [4.78, 5) is 14.4. The van der Waals surface area contributed by atoms with E-state index in [9.17, 15) is 4.79 Å². The Morgan fingerprint density at radius 2 is 1.44 bits per heavy atom. The SMILES string of the molecule is CN(CC(=O)Nc1ccccc1Cc1ccccc1)c1ccccc1. The fraction of sp³-hybridized carbons (Fsp3) is 0.136. The minimum absolute atomic E-state index is 0.0214. The van der Waals surface area contributed by atoms with Crippen LogP contribution in [0.15, 0.2) is 84.9 Å². The van der Waals surface area contributed by atoms with Crippen LogP contribution in [-0.4, -0.2) is 19.5 Å². The normalized spacial score (nSPS) is 10.3. The van der Waals surface area contributed by atoms with E-state index in [1.54, 1.807) is 0 Å². The highest BCUT2D eigenvalue weighted by Gasteiger charge is 2.10. The quantitative estimate of drug-likeness (QED) is 0.728. The molecule has 126 valence electrons. The van der Waals surface area contributed by atoms with Crippen molar-refractivity contribution in [3.63, 3.8) is 0 Å². The van der Waals surface area contributed by atoms with E-state index in [2.05, 4.69) is 23.5 Å². The van der Waals surface area contributed by atoms with Gasteiger partial charge in [0.05, 0.1) is 6.54 Å². The van der Waals surface area contributed by atoms with Gasteiger partial charge in [-0.2, -0.15) is 0 Å². The van der Waals surface area contributed by atoms with E-state index in [-0.39, 0.29) is 5.91 Å². The average molecular weight is 330 g/mol. The number of benzene rings is 3. The molecular formula is C22H22N2O. The van der Waals surface area contributed by atoms with Gasteiger partial charge in [-0.1, -0.05) is 66.7 Å². The van der Waals surface area contributed by atoms with Crippen LogP contribution in [0, 0.1) is 0 Å². The summed E-state index contributed by atoms with van der Waals surface area (Å²) in [5, 5.41) is 3.05. The first-order valence-electron chi connectivity index (χ1n) is 8.40. The molecule has 0 radical (unpaired) electrons. The third-order valence-corrected chi connectivity index (χ3v) is 4.11. The van der Waals surface area contributed by atoms with Crippen molar-refractivity contribution in [3.05, 3.63) is 96.1 Å². The number of hydrogen-bond acceptors (Lipinski definition) is 2. The summed E-state index contributed by atoms with van der Waals surface area (Å²) in [5.74, 6) is -0.0214. The van der Waals surface area contributed by atoms with Gasteiger partial charge in [-0.3, -0.25) is 4.79 Å². The van der Waals surface area contributed by atoms with Crippen molar-refractivity contribution >= 4 is 17.3 Å². The molecule has 0 unspecified atom stereocenters. The highest BCUT2D eigenvalue weighted by Crippen LogP contribution is 2.19. The Labute approximate surface area is 148 Å². The molecule has 0 atom stereocenters. The maximum absolute atomic E-state index is 12.4. The third kappa shape index (κ3) is 4.70. The van der Waals surface area contributed by atoms with E-state index in [1.807, 2.05) is 78.7 Å². The van der Waals surface area contributed by atoms with E-state index >= 15 is 0 Å². The Morgan fingerprint density at radius 3 is 2.16 bits per heavy atom. The fourth-order valence-corrected chi connectivity index (χ4v) is 2.79. The van der Waals surface area contributed by atoms with E-state index < -0.39 is 0 Å². The molecule has 0 heterocycles. The van der Waals surface area contributed by atoms with Crippen LogP contribution in [-0.2, 0) is 11.2 Å². The molecule has 0 aliphatic heterocycles. The number of likely N-dealkylation sites (N-methyl/N-ethyl adjacent to an activating group) is 1. The largest absolute Gasteiger partial charge is 0.365 e. The topological polar surface area (TPSA) is 32.3 Å². The second-order valence-electron chi connectivity index (χ2n) is 6.06. The zero-order chi connectivity index (χ0) is 17.5. The number of carbonyl (C=O) groups excluding carboxylic acids is 1. The van der Waals surface area contributed by atoms with Gasteiger partial charge in [0.25, 0.3) is 0 Å². The van der Waals surface area contributed by atoms with Gasteiger partial charge < -0.3 is 10.2 Å². The highest BCUT2D eigenvalue weighted by atomic mass is 16.2. The predicted molar refractivity (Wildman–Crippen MR) is 104 cm³/mol. The lowest BCUT2D eigenvalue weighted by Crippen LogP contribution is -2.30. The molecule has 0 aliphatic rings. The van der Waals surface area contributed by atoms with Crippen LogP contribution >= 0.6 is 0 Å². The Bertz CT molecular complexity index is 816. The molecule has 3 nitrogen and oxygen atoms in total. The number of anilines is 2. The summed E-state index contributed by atoms with van der Waals surface area (Å²) in [6.07, 6.45) is 0.797. The van der Waals surface area contributed by atoms with Crippen molar-refractivity contribution in [2.24, 2.45) is 0 Å². The van der Waals surface area contributed by atoms with Crippen LogP contribution in [0.5, 0.6) is 0 Å². The van der Waals surface area contributed by atoms with Gasteiger partial charge in [-0.15, -0.1) is 0 Å². The van der Waals surface area contributed by atoms with Gasteiger partial charge in [0.2, 0.25) is 5.91 Å². The van der Waals surface area contributed by atoms with Crippen molar-refractivity contribution in [1.29, 1.82) is 0 Å². The molecule has 3 aromatic rings. The number of para-hydroxylation sites is 2. The molecule has 3 aromatic carbocycles. The smallest absolute Gasteiger partial charge is 0.243 e. The molecule has 0 saturated carbocycles. The molecule has 0 fully saturated rings. The van der Waals surface area contributed by atoms with Gasteiger partial charge in [0.15, 0.2) is 0 Å². The van der Waals surface area contributed by atoms with Gasteiger partial charge in [-0.05, 0) is 35.7 Å². The maximum Gasteiger partial charge on any atom is 0.243 e. The zero-order valence-electron chi connectivity index (χ0n) is 14.4. The molecule has 0 spiro atoms. The first kappa shape index (κ1) is 16.8. The standard InChI is InChI=1S/C22H22N2O/c1-24(20-13-6-3-7-14-20)17-22(25)23-21-15-9-8-12-19(21)16-18-10-4-2-5-11-18/h2-15H,16-17H2,1H3,(H,23,25). The Kier molecular flexibility index (Phi) is 5.47. The maximum atomic E-state index is 12.4. The summed E-state index contributed by atoms with van der Waals surface area (Å²) in [5.41, 5.74) is 4.24. The van der Waals surface area contributed by atoms with Crippen LogP contribution in [0.1, 0.15) is 11.1 Å². The summed E-state index contributed by atoms with van der Waals surface area (Å²) in [6, 6.07) is 28.1. The lowest BCUT2D eigenvalue weighted by molar-refractivity contribution is -0.114. The molecule has 3 heteroatoms. The number of carbonyl (C=O) groups is 1. The van der Waals surface area contributed by atoms with E-state index in [0.717, 1.165) is 23.4 Å². The minimum Gasteiger partial charge on any atom is -0.365 e. The highest BCUT2D eigenvalue weighted by molar-refractivity contribution is 5.94. The lowest BCUT2D eigenvalue weighted by Gasteiger charge is -2.19. The zero-order valence-corrected chi connectivity index (χ0v) is 14.4. The van der Waals surface area contributed by atoms with Gasteiger partial charge >= 0.3 is 0 Å². The summed E-state index contributed by atoms with van der Waals surface area (Å²) < 4.78 is 0. The first-order chi connectivity index (χ1) is 12.2. The van der Waals surface area contributed by atoms with E-state index in [4.69, 9.17) is 0 Å². The Morgan fingerprint density at radius 1 is 0.840 bits per heavy atom. The third-order valence-electron chi connectivity index (χ3n) is 4.11. The molecule has 1 N–H and O–H groups in total. The van der Waals surface area contributed by atoms with Crippen LogP contribution < -0.4 is 10.2 Å². The molecule has 0 aliphatic carbocycles. The number of nitrogens with zero attached hydrogens (tertiary/aromatic N) is 1. The summed E-state index contributed by atoms with van der Waals surface area (Å²) in [6.45, 7) is 0.309. The second kappa shape index (κ2) is 8.15. The van der Waals surface area contributed by atoms with Crippen LogP contribution in [0.2, 0.25) is 0 Å². The molecular weight excluding hydrogens is 308 g/mol. The summed E-state index contributed by atoms with van der Waals surface area (Å²) >= 11 is 0. The van der Waals surface area contributed by atoms with Crippen LogP contribution in [0.25, 0.3) is 0 Å². The average Bonchev–Trinajstić information content (AvgIpc) is 2.65. The van der Waals surface area contributed by atoms with E-state index in [0.29, 0.717) is 6.54 Å². The second-order valence-corrected chi connectivity index (χ2v) is 6.06. The minimum atomic E-state index is -0.0214. The molecule has 0 bridgehead atoms. The van der Waals surface area contributed by atoms with Gasteiger partial charge in [0.1, 0.15) is 0 Å². The van der Waals surface area contributed by atoms with Crippen molar-refractivity contribution in [3.8, 4) is 0 Å².